The number of hydrogen-bond donors (Lipinski definition) is 1. The molecule has 2 nitrogen and oxygen atoms in total. The molecule has 70 valence electrons. The number of nitrogens with one attached hydrogen (secondary N) is 1. The molecule has 0 aliphatic carbocycles. The number of amidine groups is 1. The average Bonchev–Trinajstić information content (AvgIpc) is 2.03. The molecule has 0 saturated carbocycles. The van der Waals surface area contributed by atoms with E-state index >= 15 is 0 Å². The second kappa shape index (κ2) is 4.03. The first kappa shape index (κ1) is 10.4. The first-order valence-corrected chi connectivity index (χ1v) is 5.06. The molecule has 1 fully saturated rings. The topological polar surface area (TPSA) is 27.1 Å². The van der Waals surface area contributed by atoms with Gasteiger partial charge in [-0.25, -0.2) is 0 Å². The maximum absolute atomic E-state index is 7.56. The van der Waals surface area contributed by atoms with E-state index in [-0.39, 0.29) is 5.84 Å². The van der Waals surface area contributed by atoms with Crippen molar-refractivity contribution in [3.05, 3.63) is 0 Å². The van der Waals surface area contributed by atoms with Gasteiger partial charge in [-0.3, -0.25) is 5.41 Å². The first-order chi connectivity index (χ1) is 5.52. The zero-order chi connectivity index (χ0) is 9.19. The summed E-state index contributed by atoms with van der Waals surface area (Å²) in [6.07, 6.45) is 3.38. The van der Waals surface area contributed by atoms with Gasteiger partial charge in [0.2, 0.25) is 3.79 Å². The van der Waals surface area contributed by atoms with Crippen molar-refractivity contribution in [1.29, 1.82) is 5.41 Å². The molecule has 1 saturated heterocycles. The Kier molecular flexibility index (Phi) is 3.50. The van der Waals surface area contributed by atoms with Gasteiger partial charge in [0, 0.05) is 13.1 Å². The third-order valence-corrected chi connectivity index (χ3v) is 2.48. The molecule has 0 aromatic rings. The summed E-state index contributed by atoms with van der Waals surface area (Å²) < 4.78 is -1.56. The molecule has 0 bridgehead atoms. The zero-order valence-corrected chi connectivity index (χ0v) is 8.88. The maximum Gasteiger partial charge on any atom is 0.247 e. The highest BCUT2D eigenvalue weighted by molar-refractivity contribution is 6.76. The Labute approximate surface area is 87.3 Å². The maximum atomic E-state index is 7.56. The van der Waals surface area contributed by atoms with Crippen LogP contribution in [0.2, 0.25) is 0 Å². The summed E-state index contributed by atoms with van der Waals surface area (Å²) >= 11 is 16.7. The highest BCUT2D eigenvalue weighted by Gasteiger charge is 2.31. The Morgan fingerprint density at radius 2 is 1.58 bits per heavy atom. The van der Waals surface area contributed by atoms with Crippen molar-refractivity contribution < 1.29 is 0 Å². The fraction of sp³-hybridized carbons (Fsp3) is 0.857. The zero-order valence-electron chi connectivity index (χ0n) is 6.62. The molecular weight excluding hydrogens is 218 g/mol. The highest BCUT2D eigenvalue weighted by atomic mass is 35.6. The van der Waals surface area contributed by atoms with Crippen molar-refractivity contribution in [2.45, 2.75) is 23.1 Å². The van der Waals surface area contributed by atoms with Gasteiger partial charge in [-0.2, -0.15) is 0 Å². The standard InChI is InChI=1S/C7H11Cl3N2/c8-7(9,10)6(11)12-4-2-1-3-5-12/h11H,1-5H2. The summed E-state index contributed by atoms with van der Waals surface area (Å²) in [6.45, 7) is 1.68. The fourth-order valence-corrected chi connectivity index (χ4v) is 1.66. The number of halogens is 3. The van der Waals surface area contributed by atoms with Crippen LogP contribution in [0.25, 0.3) is 0 Å². The van der Waals surface area contributed by atoms with Crippen LogP contribution in [0.15, 0.2) is 0 Å². The van der Waals surface area contributed by atoms with Crippen LogP contribution < -0.4 is 0 Å². The Morgan fingerprint density at radius 1 is 1.08 bits per heavy atom. The molecule has 0 radical (unpaired) electrons. The second-order valence-corrected chi connectivity index (χ2v) is 5.18. The molecule has 0 atom stereocenters. The normalized spacial score (nSPS) is 19.4. The average molecular weight is 230 g/mol. The SMILES string of the molecule is N=C(N1CCCCC1)C(Cl)(Cl)Cl. The van der Waals surface area contributed by atoms with Crippen molar-refractivity contribution >= 4 is 40.6 Å². The van der Waals surface area contributed by atoms with Crippen LogP contribution in [-0.2, 0) is 0 Å². The van der Waals surface area contributed by atoms with Crippen LogP contribution in [0.1, 0.15) is 19.3 Å². The number of likely N-dealkylation sites (tertiary alicyclic amines) is 1. The lowest BCUT2D eigenvalue weighted by Crippen LogP contribution is -2.41. The van der Waals surface area contributed by atoms with Crippen LogP contribution in [0.4, 0.5) is 0 Å². The number of nitrogens with zero attached hydrogens (tertiary/aromatic N) is 1. The molecule has 0 spiro atoms. The minimum Gasteiger partial charge on any atom is -0.357 e. The van der Waals surface area contributed by atoms with Crippen LogP contribution in [0, 0.1) is 5.41 Å². The molecule has 0 unspecified atom stereocenters. The molecule has 12 heavy (non-hydrogen) atoms. The van der Waals surface area contributed by atoms with Gasteiger partial charge < -0.3 is 4.90 Å². The first-order valence-electron chi connectivity index (χ1n) is 3.92. The number of alkyl halides is 3. The predicted octanol–water partition coefficient (Wildman–Crippen LogP) is 2.82. The number of rotatable bonds is 0. The summed E-state index contributed by atoms with van der Waals surface area (Å²) in [5.41, 5.74) is 0. The molecule has 1 N–H and O–H groups in total. The minimum absolute atomic E-state index is 0.104. The molecule has 5 heteroatoms. The number of piperidine rings is 1. The molecular formula is C7H11Cl3N2. The van der Waals surface area contributed by atoms with Crippen LogP contribution in [-0.4, -0.2) is 27.6 Å². The van der Waals surface area contributed by atoms with Gasteiger partial charge in [-0.15, -0.1) is 0 Å². The van der Waals surface area contributed by atoms with Gasteiger partial charge in [0.1, 0.15) is 5.84 Å². The van der Waals surface area contributed by atoms with Gasteiger partial charge >= 0.3 is 0 Å². The van der Waals surface area contributed by atoms with Crippen LogP contribution in [0.3, 0.4) is 0 Å². The summed E-state index contributed by atoms with van der Waals surface area (Å²) in [6, 6.07) is 0. The van der Waals surface area contributed by atoms with E-state index in [1.54, 1.807) is 0 Å². The summed E-state index contributed by atoms with van der Waals surface area (Å²) in [5, 5.41) is 7.56. The van der Waals surface area contributed by atoms with E-state index in [4.69, 9.17) is 40.2 Å². The third kappa shape index (κ3) is 2.68. The van der Waals surface area contributed by atoms with Gasteiger partial charge in [-0.05, 0) is 19.3 Å². The molecule has 1 heterocycles. The Hall–Kier alpha value is 0.340. The largest absolute Gasteiger partial charge is 0.357 e. The van der Waals surface area contributed by atoms with E-state index in [2.05, 4.69) is 0 Å². The molecule has 1 aliphatic rings. The van der Waals surface area contributed by atoms with E-state index in [0.29, 0.717) is 0 Å². The quantitative estimate of drug-likeness (QED) is 0.386. The van der Waals surface area contributed by atoms with E-state index in [1.807, 2.05) is 4.90 Å². The van der Waals surface area contributed by atoms with E-state index in [1.165, 1.54) is 6.42 Å². The molecule has 0 aromatic heterocycles. The van der Waals surface area contributed by atoms with Crippen LogP contribution >= 0.6 is 34.8 Å². The molecule has 1 rings (SSSR count). The molecule has 0 aromatic carbocycles. The van der Waals surface area contributed by atoms with Crippen molar-refractivity contribution in [3.8, 4) is 0 Å². The van der Waals surface area contributed by atoms with Crippen molar-refractivity contribution in [3.63, 3.8) is 0 Å². The lowest BCUT2D eigenvalue weighted by atomic mass is 10.1. The Bertz CT molecular complexity index is 170. The van der Waals surface area contributed by atoms with Gasteiger partial charge in [0.25, 0.3) is 0 Å². The number of hydrogen-bond acceptors (Lipinski definition) is 1. The van der Waals surface area contributed by atoms with E-state index in [9.17, 15) is 0 Å². The predicted molar refractivity (Wildman–Crippen MR) is 53.4 cm³/mol. The van der Waals surface area contributed by atoms with Gasteiger partial charge in [0.05, 0.1) is 0 Å². The van der Waals surface area contributed by atoms with Gasteiger partial charge in [0.15, 0.2) is 0 Å². The minimum atomic E-state index is -1.56. The lowest BCUT2D eigenvalue weighted by molar-refractivity contribution is 0.337. The molecule has 0 amide bonds. The monoisotopic (exact) mass is 228 g/mol. The summed E-state index contributed by atoms with van der Waals surface area (Å²) in [5.74, 6) is 0.104. The Morgan fingerprint density at radius 3 is 2.00 bits per heavy atom. The smallest absolute Gasteiger partial charge is 0.247 e. The van der Waals surface area contributed by atoms with Gasteiger partial charge in [-0.1, -0.05) is 34.8 Å². The highest BCUT2D eigenvalue weighted by Crippen LogP contribution is 2.29. The Balaban J connectivity index is 2.51. The lowest BCUT2D eigenvalue weighted by Gasteiger charge is -2.31. The van der Waals surface area contributed by atoms with Crippen molar-refractivity contribution in [2.75, 3.05) is 13.1 Å². The van der Waals surface area contributed by atoms with Crippen molar-refractivity contribution in [2.24, 2.45) is 0 Å². The van der Waals surface area contributed by atoms with Crippen LogP contribution in [0.5, 0.6) is 0 Å². The second-order valence-electron chi connectivity index (χ2n) is 2.89. The fourth-order valence-electron chi connectivity index (χ4n) is 1.30. The third-order valence-electron chi connectivity index (χ3n) is 1.94. The molecule has 1 aliphatic heterocycles. The van der Waals surface area contributed by atoms with Crippen molar-refractivity contribution in [1.82, 2.24) is 4.90 Å². The summed E-state index contributed by atoms with van der Waals surface area (Å²) in [7, 11) is 0. The van der Waals surface area contributed by atoms with E-state index in [0.717, 1.165) is 25.9 Å². The summed E-state index contributed by atoms with van der Waals surface area (Å²) in [4.78, 5) is 1.83. The van der Waals surface area contributed by atoms with E-state index < -0.39 is 3.79 Å².